The van der Waals surface area contributed by atoms with Crippen molar-refractivity contribution in [2.45, 2.75) is 6.92 Å². The summed E-state index contributed by atoms with van der Waals surface area (Å²) < 4.78 is 0. The Morgan fingerprint density at radius 1 is 1.53 bits per heavy atom. The van der Waals surface area contributed by atoms with Crippen LogP contribution < -0.4 is 10.6 Å². The second kappa shape index (κ2) is 6.49. The molecule has 19 heavy (non-hydrogen) atoms. The van der Waals surface area contributed by atoms with Gasteiger partial charge in [0.2, 0.25) is 0 Å². The van der Waals surface area contributed by atoms with E-state index in [9.17, 15) is 14.9 Å². The third-order valence-corrected chi connectivity index (χ3v) is 3.01. The Bertz CT molecular complexity index is 489. The van der Waals surface area contributed by atoms with Gasteiger partial charge in [-0.3, -0.25) is 14.9 Å². The molecule has 1 aliphatic rings. The summed E-state index contributed by atoms with van der Waals surface area (Å²) in [5.41, 5.74) is 0.813. The molecule has 1 aromatic rings. The molecule has 0 saturated carbocycles. The number of carbonyl (C=O) groups excluding carboxylic acids is 1. The number of nitrogens with zero attached hydrogens (tertiary/aromatic N) is 1. The van der Waals surface area contributed by atoms with E-state index in [-0.39, 0.29) is 29.6 Å². The normalized spacial score (nSPS) is 14.2. The molecule has 0 aromatic heterocycles. The fourth-order valence-corrected chi connectivity index (χ4v) is 1.82. The summed E-state index contributed by atoms with van der Waals surface area (Å²) in [6.07, 6.45) is 0. The van der Waals surface area contributed by atoms with Gasteiger partial charge in [0.25, 0.3) is 11.6 Å². The summed E-state index contributed by atoms with van der Waals surface area (Å²) in [4.78, 5) is 22.3. The van der Waals surface area contributed by atoms with E-state index < -0.39 is 4.92 Å². The first kappa shape index (κ1) is 15.4. The van der Waals surface area contributed by atoms with E-state index in [2.05, 4.69) is 10.6 Å². The molecule has 0 radical (unpaired) electrons. The number of carbonyl (C=O) groups is 1. The minimum atomic E-state index is -0.529. The molecule has 0 aliphatic carbocycles. The lowest BCUT2D eigenvalue weighted by Gasteiger charge is -2.27. The maximum atomic E-state index is 11.9. The fraction of sp³-hybridized carbons (Fsp3) is 0.417. The number of amides is 1. The van der Waals surface area contributed by atoms with Gasteiger partial charge in [-0.15, -0.1) is 12.4 Å². The monoisotopic (exact) mass is 285 g/mol. The van der Waals surface area contributed by atoms with Crippen molar-refractivity contribution < 1.29 is 9.72 Å². The van der Waals surface area contributed by atoms with Crippen LogP contribution in [0.1, 0.15) is 15.9 Å². The van der Waals surface area contributed by atoms with Gasteiger partial charge in [0.1, 0.15) is 5.56 Å². The summed E-state index contributed by atoms with van der Waals surface area (Å²) in [5.74, 6) is 0.0510. The van der Waals surface area contributed by atoms with Crippen LogP contribution in [0.2, 0.25) is 0 Å². The van der Waals surface area contributed by atoms with Gasteiger partial charge in [-0.1, -0.05) is 6.07 Å². The van der Waals surface area contributed by atoms with Gasteiger partial charge >= 0.3 is 0 Å². The maximum Gasteiger partial charge on any atom is 0.282 e. The summed E-state index contributed by atoms with van der Waals surface area (Å²) in [6.45, 7) is 4.12. The highest BCUT2D eigenvalue weighted by Gasteiger charge is 2.22. The average molecular weight is 286 g/mol. The predicted octanol–water partition coefficient (Wildman–Crippen LogP) is 1.27. The molecule has 1 amide bonds. The molecule has 7 heteroatoms. The van der Waals surface area contributed by atoms with Crippen molar-refractivity contribution in [3.05, 3.63) is 39.4 Å². The molecule has 2 N–H and O–H groups in total. The third kappa shape index (κ3) is 3.65. The molecule has 1 saturated heterocycles. The van der Waals surface area contributed by atoms with Crippen LogP contribution in [-0.4, -0.2) is 30.5 Å². The Balaban J connectivity index is 0.00000180. The van der Waals surface area contributed by atoms with E-state index >= 15 is 0 Å². The summed E-state index contributed by atoms with van der Waals surface area (Å²) in [6, 6.07) is 4.55. The van der Waals surface area contributed by atoms with Crippen molar-refractivity contribution in [1.29, 1.82) is 0 Å². The zero-order valence-corrected chi connectivity index (χ0v) is 11.3. The SMILES string of the molecule is Cc1ccc([N+](=O)[O-])c(C(=O)NCC2CNC2)c1.Cl. The Kier molecular flexibility index (Phi) is 5.26. The van der Waals surface area contributed by atoms with E-state index in [0.717, 1.165) is 18.7 Å². The second-order valence-corrected chi connectivity index (χ2v) is 4.51. The summed E-state index contributed by atoms with van der Waals surface area (Å²) in [5, 5.41) is 16.7. The van der Waals surface area contributed by atoms with Crippen LogP contribution in [0.25, 0.3) is 0 Å². The lowest BCUT2D eigenvalue weighted by atomic mass is 10.0. The average Bonchev–Trinajstić information content (AvgIpc) is 2.26. The highest BCUT2D eigenvalue weighted by Crippen LogP contribution is 2.19. The van der Waals surface area contributed by atoms with Crippen LogP contribution in [0.4, 0.5) is 5.69 Å². The zero-order valence-electron chi connectivity index (χ0n) is 10.5. The van der Waals surface area contributed by atoms with Crippen molar-refractivity contribution in [3.8, 4) is 0 Å². The second-order valence-electron chi connectivity index (χ2n) is 4.51. The molecule has 104 valence electrons. The van der Waals surface area contributed by atoms with Crippen LogP contribution in [0.5, 0.6) is 0 Å². The standard InChI is InChI=1S/C12H15N3O3.ClH/c1-8-2-3-11(15(17)18)10(4-8)12(16)14-7-9-5-13-6-9;/h2-4,9,13H,5-7H2,1H3,(H,14,16);1H. The Labute approximate surface area is 117 Å². The number of rotatable bonds is 4. The molecule has 1 heterocycles. The molecule has 0 atom stereocenters. The van der Waals surface area contributed by atoms with Gasteiger partial charge in [0.15, 0.2) is 0 Å². The third-order valence-electron chi connectivity index (χ3n) is 3.01. The van der Waals surface area contributed by atoms with Crippen molar-refractivity contribution in [2.75, 3.05) is 19.6 Å². The summed E-state index contributed by atoms with van der Waals surface area (Å²) >= 11 is 0. The highest BCUT2D eigenvalue weighted by atomic mass is 35.5. The first-order valence-corrected chi connectivity index (χ1v) is 5.82. The molecule has 0 unspecified atom stereocenters. The van der Waals surface area contributed by atoms with E-state index in [4.69, 9.17) is 0 Å². The summed E-state index contributed by atoms with van der Waals surface area (Å²) in [7, 11) is 0. The first-order chi connectivity index (χ1) is 8.58. The Morgan fingerprint density at radius 3 is 2.74 bits per heavy atom. The number of halogens is 1. The smallest absolute Gasteiger partial charge is 0.282 e. The van der Waals surface area contributed by atoms with Gasteiger partial charge in [-0.2, -0.15) is 0 Å². The van der Waals surface area contributed by atoms with Crippen LogP contribution in [-0.2, 0) is 0 Å². The van der Waals surface area contributed by atoms with Gasteiger partial charge in [-0.05, 0) is 18.6 Å². The first-order valence-electron chi connectivity index (χ1n) is 5.82. The van der Waals surface area contributed by atoms with Crippen molar-refractivity contribution >= 4 is 24.0 Å². The highest BCUT2D eigenvalue weighted by molar-refractivity contribution is 5.98. The topological polar surface area (TPSA) is 84.3 Å². The molecule has 1 fully saturated rings. The largest absolute Gasteiger partial charge is 0.351 e. The Hall–Kier alpha value is -1.66. The number of aryl methyl sites for hydroxylation is 1. The van der Waals surface area contributed by atoms with Crippen LogP contribution in [0, 0.1) is 23.0 Å². The Morgan fingerprint density at radius 2 is 2.21 bits per heavy atom. The van der Waals surface area contributed by atoms with Gasteiger partial charge < -0.3 is 10.6 Å². The molecule has 1 aromatic carbocycles. The van der Waals surface area contributed by atoms with Crippen LogP contribution in [0.15, 0.2) is 18.2 Å². The van der Waals surface area contributed by atoms with E-state index in [1.54, 1.807) is 19.1 Å². The van der Waals surface area contributed by atoms with Crippen LogP contribution >= 0.6 is 12.4 Å². The van der Waals surface area contributed by atoms with Crippen molar-refractivity contribution in [2.24, 2.45) is 5.92 Å². The number of nitro benzene ring substituents is 1. The number of hydrogen-bond acceptors (Lipinski definition) is 4. The van der Waals surface area contributed by atoms with Gasteiger partial charge in [0.05, 0.1) is 4.92 Å². The predicted molar refractivity (Wildman–Crippen MR) is 73.8 cm³/mol. The van der Waals surface area contributed by atoms with Crippen molar-refractivity contribution in [1.82, 2.24) is 10.6 Å². The molecule has 0 spiro atoms. The number of hydrogen-bond donors (Lipinski definition) is 2. The van der Waals surface area contributed by atoms with E-state index in [1.807, 2.05) is 0 Å². The quantitative estimate of drug-likeness (QED) is 0.644. The van der Waals surface area contributed by atoms with Crippen molar-refractivity contribution in [3.63, 3.8) is 0 Å². The fourth-order valence-electron chi connectivity index (χ4n) is 1.82. The number of nitrogens with one attached hydrogen (secondary N) is 2. The molecular formula is C12H16ClN3O3. The molecule has 1 aliphatic heterocycles. The molecule has 2 rings (SSSR count). The van der Waals surface area contributed by atoms with E-state index in [1.165, 1.54) is 6.07 Å². The number of nitro groups is 1. The lowest BCUT2D eigenvalue weighted by molar-refractivity contribution is -0.385. The number of benzene rings is 1. The van der Waals surface area contributed by atoms with Gasteiger partial charge in [0, 0.05) is 31.6 Å². The zero-order chi connectivity index (χ0) is 13.1. The molecular weight excluding hydrogens is 270 g/mol. The van der Waals surface area contributed by atoms with Gasteiger partial charge in [-0.25, -0.2) is 0 Å². The molecule has 6 nitrogen and oxygen atoms in total. The maximum absolute atomic E-state index is 11.9. The minimum absolute atomic E-state index is 0. The minimum Gasteiger partial charge on any atom is -0.351 e. The van der Waals surface area contributed by atoms with E-state index in [0.29, 0.717) is 12.5 Å². The lowest BCUT2D eigenvalue weighted by Crippen LogP contribution is -2.48. The van der Waals surface area contributed by atoms with Crippen LogP contribution in [0.3, 0.4) is 0 Å². The molecule has 0 bridgehead atoms.